The monoisotopic (exact) mass is 205 g/mol. The van der Waals surface area contributed by atoms with Gasteiger partial charge in [0.05, 0.1) is 0 Å². The Kier molecular flexibility index (Phi) is 3.21. The maximum atomic E-state index is 4.43. The number of anilines is 1. The molecule has 15 heavy (non-hydrogen) atoms. The molecule has 2 rings (SSSR count). The van der Waals surface area contributed by atoms with E-state index in [1.165, 1.54) is 18.4 Å². The Bertz CT molecular complexity index is 303. The molecule has 0 spiro atoms. The molecule has 1 fully saturated rings. The lowest BCUT2D eigenvalue weighted by Crippen LogP contribution is -2.18. The van der Waals surface area contributed by atoms with Crippen LogP contribution in [-0.4, -0.2) is 24.6 Å². The van der Waals surface area contributed by atoms with E-state index >= 15 is 0 Å². The summed E-state index contributed by atoms with van der Waals surface area (Å²) in [6.07, 6.45) is 4.64. The SMILES string of the molecule is CCN(C)c1ccc(CNC2CC2)cn1. The molecule has 1 aromatic heterocycles. The summed E-state index contributed by atoms with van der Waals surface area (Å²) in [6, 6.07) is 5.01. The zero-order valence-corrected chi connectivity index (χ0v) is 9.53. The molecule has 0 unspecified atom stereocenters. The Balaban J connectivity index is 1.90. The minimum Gasteiger partial charge on any atom is -0.360 e. The van der Waals surface area contributed by atoms with Gasteiger partial charge in [0.1, 0.15) is 5.82 Å². The molecule has 1 aliphatic rings. The summed E-state index contributed by atoms with van der Waals surface area (Å²) >= 11 is 0. The first kappa shape index (κ1) is 10.4. The van der Waals surface area contributed by atoms with E-state index in [0.29, 0.717) is 0 Å². The van der Waals surface area contributed by atoms with Crippen molar-refractivity contribution in [1.29, 1.82) is 0 Å². The van der Waals surface area contributed by atoms with Gasteiger partial charge in [-0.15, -0.1) is 0 Å². The van der Waals surface area contributed by atoms with Crippen LogP contribution in [0.5, 0.6) is 0 Å². The van der Waals surface area contributed by atoms with Crippen LogP contribution in [0.3, 0.4) is 0 Å². The van der Waals surface area contributed by atoms with Gasteiger partial charge in [0.2, 0.25) is 0 Å². The van der Waals surface area contributed by atoms with E-state index in [1.807, 2.05) is 6.20 Å². The fraction of sp³-hybridized carbons (Fsp3) is 0.583. The molecule has 1 saturated carbocycles. The quantitative estimate of drug-likeness (QED) is 0.794. The molecule has 0 atom stereocenters. The minimum absolute atomic E-state index is 0.767. The topological polar surface area (TPSA) is 28.2 Å². The van der Waals surface area contributed by atoms with E-state index in [9.17, 15) is 0 Å². The van der Waals surface area contributed by atoms with Gasteiger partial charge < -0.3 is 10.2 Å². The van der Waals surface area contributed by atoms with Crippen LogP contribution in [-0.2, 0) is 6.54 Å². The Morgan fingerprint density at radius 3 is 2.80 bits per heavy atom. The van der Waals surface area contributed by atoms with Crippen molar-refractivity contribution < 1.29 is 0 Å². The van der Waals surface area contributed by atoms with E-state index < -0.39 is 0 Å². The number of hydrogen-bond donors (Lipinski definition) is 1. The van der Waals surface area contributed by atoms with E-state index in [-0.39, 0.29) is 0 Å². The lowest BCUT2D eigenvalue weighted by molar-refractivity contribution is 0.685. The molecule has 82 valence electrons. The lowest BCUT2D eigenvalue weighted by Gasteiger charge is -2.15. The summed E-state index contributed by atoms with van der Waals surface area (Å²) in [5.41, 5.74) is 1.27. The van der Waals surface area contributed by atoms with Crippen molar-refractivity contribution in [1.82, 2.24) is 10.3 Å². The summed E-state index contributed by atoms with van der Waals surface area (Å²) in [5, 5.41) is 3.48. The summed E-state index contributed by atoms with van der Waals surface area (Å²) in [5.74, 6) is 1.05. The first-order valence-corrected chi connectivity index (χ1v) is 5.69. The second kappa shape index (κ2) is 4.62. The highest BCUT2D eigenvalue weighted by molar-refractivity contribution is 5.37. The average Bonchev–Trinajstić information content (AvgIpc) is 3.10. The third kappa shape index (κ3) is 2.93. The van der Waals surface area contributed by atoms with Gasteiger partial charge in [-0.25, -0.2) is 4.98 Å². The molecule has 0 aromatic carbocycles. The molecule has 0 saturated heterocycles. The number of rotatable bonds is 5. The third-order valence-electron chi connectivity index (χ3n) is 2.85. The summed E-state index contributed by atoms with van der Waals surface area (Å²) < 4.78 is 0. The van der Waals surface area contributed by atoms with Crippen molar-refractivity contribution in [2.24, 2.45) is 0 Å². The number of nitrogens with one attached hydrogen (secondary N) is 1. The van der Waals surface area contributed by atoms with Gasteiger partial charge in [0.15, 0.2) is 0 Å². The van der Waals surface area contributed by atoms with Gasteiger partial charge in [-0.2, -0.15) is 0 Å². The zero-order valence-electron chi connectivity index (χ0n) is 9.53. The minimum atomic E-state index is 0.767. The largest absolute Gasteiger partial charge is 0.360 e. The first-order chi connectivity index (χ1) is 7.29. The van der Waals surface area contributed by atoms with E-state index in [2.05, 4.69) is 41.3 Å². The van der Waals surface area contributed by atoms with Crippen LogP contribution >= 0.6 is 0 Å². The Morgan fingerprint density at radius 1 is 1.47 bits per heavy atom. The molecule has 3 heteroatoms. The number of aromatic nitrogens is 1. The van der Waals surface area contributed by atoms with Gasteiger partial charge in [-0.05, 0) is 31.4 Å². The van der Waals surface area contributed by atoms with Crippen LogP contribution in [0.1, 0.15) is 25.3 Å². The van der Waals surface area contributed by atoms with Crippen molar-refractivity contribution in [3.63, 3.8) is 0 Å². The van der Waals surface area contributed by atoms with Crippen LogP contribution in [0.4, 0.5) is 5.82 Å². The Hall–Kier alpha value is -1.09. The second-order valence-electron chi connectivity index (χ2n) is 4.19. The van der Waals surface area contributed by atoms with Crippen molar-refractivity contribution in [2.75, 3.05) is 18.5 Å². The molecule has 1 N–H and O–H groups in total. The van der Waals surface area contributed by atoms with E-state index in [4.69, 9.17) is 0 Å². The molecule has 3 nitrogen and oxygen atoms in total. The fourth-order valence-electron chi connectivity index (χ4n) is 1.46. The van der Waals surface area contributed by atoms with Gasteiger partial charge in [-0.1, -0.05) is 6.07 Å². The predicted octanol–water partition coefficient (Wildman–Crippen LogP) is 1.79. The standard InChI is InChI=1S/C12H19N3/c1-3-15(2)12-7-4-10(9-14-12)8-13-11-5-6-11/h4,7,9,11,13H,3,5-6,8H2,1-2H3. The molecule has 0 bridgehead atoms. The average molecular weight is 205 g/mol. The maximum absolute atomic E-state index is 4.43. The van der Waals surface area contributed by atoms with Crippen LogP contribution in [0.15, 0.2) is 18.3 Å². The van der Waals surface area contributed by atoms with Crippen molar-refractivity contribution in [3.8, 4) is 0 Å². The third-order valence-corrected chi connectivity index (χ3v) is 2.85. The highest BCUT2D eigenvalue weighted by Gasteiger charge is 2.19. The van der Waals surface area contributed by atoms with Gasteiger partial charge >= 0.3 is 0 Å². The zero-order chi connectivity index (χ0) is 10.7. The van der Waals surface area contributed by atoms with Crippen LogP contribution in [0.25, 0.3) is 0 Å². The molecular formula is C12H19N3. The smallest absolute Gasteiger partial charge is 0.128 e. The first-order valence-electron chi connectivity index (χ1n) is 5.69. The van der Waals surface area contributed by atoms with Gasteiger partial charge in [-0.3, -0.25) is 0 Å². The molecular weight excluding hydrogens is 186 g/mol. The number of pyridine rings is 1. The molecule has 1 aromatic rings. The molecule has 0 radical (unpaired) electrons. The lowest BCUT2D eigenvalue weighted by atomic mass is 10.2. The van der Waals surface area contributed by atoms with Crippen molar-refractivity contribution in [3.05, 3.63) is 23.9 Å². The predicted molar refractivity (Wildman–Crippen MR) is 63.0 cm³/mol. The molecule has 0 aliphatic heterocycles. The Labute approximate surface area is 91.5 Å². The molecule has 0 amide bonds. The van der Waals surface area contributed by atoms with Gasteiger partial charge in [0, 0.05) is 32.4 Å². The summed E-state index contributed by atoms with van der Waals surface area (Å²) in [4.78, 5) is 6.57. The van der Waals surface area contributed by atoms with E-state index in [1.54, 1.807) is 0 Å². The second-order valence-corrected chi connectivity index (χ2v) is 4.19. The van der Waals surface area contributed by atoms with Gasteiger partial charge in [0.25, 0.3) is 0 Å². The van der Waals surface area contributed by atoms with E-state index in [0.717, 1.165) is 24.9 Å². The molecule has 1 aliphatic carbocycles. The fourth-order valence-corrected chi connectivity index (χ4v) is 1.46. The normalized spacial score (nSPS) is 15.3. The number of hydrogen-bond acceptors (Lipinski definition) is 3. The summed E-state index contributed by atoms with van der Waals surface area (Å²) in [7, 11) is 2.06. The highest BCUT2D eigenvalue weighted by atomic mass is 15.1. The summed E-state index contributed by atoms with van der Waals surface area (Å²) in [6.45, 7) is 4.07. The van der Waals surface area contributed by atoms with Crippen LogP contribution in [0, 0.1) is 0 Å². The van der Waals surface area contributed by atoms with Crippen LogP contribution in [0.2, 0.25) is 0 Å². The number of nitrogens with zero attached hydrogens (tertiary/aromatic N) is 2. The maximum Gasteiger partial charge on any atom is 0.128 e. The van der Waals surface area contributed by atoms with Crippen molar-refractivity contribution >= 4 is 5.82 Å². The highest BCUT2D eigenvalue weighted by Crippen LogP contribution is 2.19. The van der Waals surface area contributed by atoms with Crippen LogP contribution < -0.4 is 10.2 Å². The molecule has 1 heterocycles. The van der Waals surface area contributed by atoms with Crippen molar-refractivity contribution in [2.45, 2.75) is 32.4 Å². The Morgan fingerprint density at radius 2 is 2.27 bits per heavy atom.